The summed E-state index contributed by atoms with van der Waals surface area (Å²) in [5.41, 5.74) is 2.67. The van der Waals surface area contributed by atoms with Gasteiger partial charge in [-0.15, -0.1) is 0 Å². The first-order chi connectivity index (χ1) is 17.4. The highest BCUT2D eigenvalue weighted by atomic mass is 19.1. The van der Waals surface area contributed by atoms with Crippen LogP contribution in [0.5, 0.6) is 0 Å². The van der Waals surface area contributed by atoms with Gasteiger partial charge in [0.1, 0.15) is 11.9 Å². The van der Waals surface area contributed by atoms with Gasteiger partial charge in [-0.2, -0.15) is 5.10 Å². The van der Waals surface area contributed by atoms with E-state index in [4.69, 9.17) is 0 Å². The molecule has 0 bridgehead atoms. The van der Waals surface area contributed by atoms with Crippen LogP contribution in [0.4, 0.5) is 10.1 Å². The quantitative estimate of drug-likeness (QED) is 0.418. The summed E-state index contributed by atoms with van der Waals surface area (Å²) >= 11 is 0. The number of Topliss-reactive ketones (excluding diaryl/α,β-unsaturated/α-hetero) is 2. The normalized spacial score (nSPS) is 23.9. The number of halogens is 1. The summed E-state index contributed by atoms with van der Waals surface area (Å²) in [6.45, 7) is 1.44. The highest BCUT2D eigenvalue weighted by Crippen LogP contribution is 2.53. The molecule has 178 valence electrons. The molecule has 0 radical (unpaired) electrons. The monoisotopic (exact) mass is 481 g/mol. The minimum absolute atomic E-state index is 0.130. The second kappa shape index (κ2) is 8.05. The van der Waals surface area contributed by atoms with E-state index in [0.717, 1.165) is 16.0 Å². The Bertz CT molecular complexity index is 1460. The van der Waals surface area contributed by atoms with Crippen molar-refractivity contribution in [3.63, 3.8) is 0 Å². The Hall–Kier alpha value is -4.46. The zero-order valence-electron chi connectivity index (χ0n) is 19.2. The number of anilines is 1. The van der Waals surface area contributed by atoms with E-state index in [1.807, 2.05) is 24.3 Å². The average Bonchev–Trinajstić information content (AvgIpc) is 3.36. The molecule has 0 unspecified atom stereocenters. The van der Waals surface area contributed by atoms with Crippen molar-refractivity contribution in [2.24, 2.45) is 16.9 Å². The van der Waals surface area contributed by atoms with Crippen molar-refractivity contribution in [1.29, 1.82) is 0 Å². The number of carbonyl (C=O) groups excluding carboxylic acids is 4. The van der Waals surface area contributed by atoms with Gasteiger partial charge in [0.2, 0.25) is 11.8 Å². The van der Waals surface area contributed by atoms with Gasteiger partial charge in [-0.3, -0.25) is 24.2 Å². The molecular weight excluding hydrogens is 461 g/mol. The average molecular weight is 481 g/mol. The van der Waals surface area contributed by atoms with Crippen molar-refractivity contribution in [1.82, 2.24) is 5.01 Å². The molecule has 4 atom stereocenters. The lowest BCUT2D eigenvalue weighted by Crippen LogP contribution is -2.44. The molecule has 2 saturated heterocycles. The number of nitrogens with zero attached hydrogens (tertiary/aromatic N) is 3. The van der Waals surface area contributed by atoms with Gasteiger partial charge in [0.15, 0.2) is 11.6 Å². The van der Waals surface area contributed by atoms with Crippen LogP contribution in [0, 0.1) is 17.7 Å². The number of imide groups is 1. The number of ketones is 2. The van der Waals surface area contributed by atoms with E-state index < -0.39 is 47.3 Å². The summed E-state index contributed by atoms with van der Waals surface area (Å²) in [6, 6.07) is 17.2. The molecule has 3 aromatic rings. The van der Waals surface area contributed by atoms with Crippen LogP contribution in [0.15, 0.2) is 77.9 Å². The summed E-state index contributed by atoms with van der Waals surface area (Å²) in [5.74, 6) is -3.74. The van der Waals surface area contributed by atoms with Gasteiger partial charge >= 0.3 is 0 Å². The number of benzene rings is 3. The Kier molecular flexibility index (Phi) is 4.93. The standard InChI is InChI=1S/C28H20FN3O4/c1-15(33)16-8-12-20(13-9-16)31-27(35)22-23(28(31)36)25(26(34)17-6-10-19(29)11-7-17)32-24(22)21-5-3-2-4-18(21)14-30-32/h2-14,22-25H,1H3/t22-,23+,24-,25-/m0/s1. The fraction of sp³-hybridized carbons (Fsp3) is 0.179. The van der Waals surface area contributed by atoms with Gasteiger partial charge in [0, 0.05) is 11.1 Å². The summed E-state index contributed by atoms with van der Waals surface area (Å²) in [6.07, 6.45) is 1.63. The number of carbonyl (C=O) groups is 4. The van der Waals surface area contributed by atoms with E-state index in [-0.39, 0.29) is 11.3 Å². The fourth-order valence-corrected chi connectivity index (χ4v) is 5.55. The van der Waals surface area contributed by atoms with Gasteiger partial charge in [-0.05, 0) is 66.6 Å². The van der Waals surface area contributed by atoms with Crippen molar-refractivity contribution in [2.75, 3.05) is 4.90 Å². The van der Waals surface area contributed by atoms with E-state index in [2.05, 4.69) is 5.10 Å². The second-order valence-electron chi connectivity index (χ2n) is 9.18. The van der Waals surface area contributed by atoms with Gasteiger partial charge < -0.3 is 0 Å². The predicted molar refractivity (Wildman–Crippen MR) is 129 cm³/mol. The third kappa shape index (κ3) is 3.14. The molecule has 2 amide bonds. The van der Waals surface area contributed by atoms with Gasteiger partial charge in [0.25, 0.3) is 0 Å². The Morgan fingerprint density at radius 3 is 2.17 bits per heavy atom. The minimum Gasteiger partial charge on any atom is -0.295 e. The minimum atomic E-state index is -1.03. The van der Waals surface area contributed by atoms with Crippen LogP contribution in [-0.2, 0) is 9.59 Å². The van der Waals surface area contributed by atoms with Crippen molar-refractivity contribution in [2.45, 2.75) is 19.0 Å². The molecule has 0 saturated carbocycles. The van der Waals surface area contributed by atoms with E-state index in [1.165, 1.54) is 31.2 Å². The smallest absolute Gasteiger partial charge is 0.240 e. The number of amides is 2. The molecule has 3 aliphatic heterocycles. The fourth-order valence-electron chi connectivity index (χ4n) is 5.55. The molecule has 3 aromatic carbocycles. The maximum atomic E-state index is 13.8. The maximum Gasteiger partial charge on any atom is 0.240 e. The summed E-state index contributed by atoms with van der Waals surface area (Å²) in [5, 5.41) is 6.08. The van der Waals surface area contributed by atoms with Crippen LogP contribution in [0.2, 0.25) is 0 Å². The number of rotatable bonds is 4. The predicted octanol–water partition coefficient (Wildman–Crippen LogP) is 3.79. The number of hydrogen-bond donors (Lipinski definition) is 0. The Labute approximate surface area is 205 Å². The SMILES string of the molecule is CC(=O)c1ccc(N2C(=O)[C@@H]3[C@H](C2=O)[C@@H]2c4ccccc4C=NN2[C@@H]3C(=O)c2ccc(F)cc2)cc1. The molecule has 3 aliphatic rings. The Morgan fingerprint density at radius 2 is 1.47 bits per heavy atom. The number of fused-ring (bicyclic) bond motifs is 5. The Balaban J connectivity index is 1.47. The van der Waals surface area contributed by atoms with E-state index >= 15 is 0 Å². The van der Waals surface area contributed by atoms with Gasteiger partial charge in [-0.25, -0.2) is 9.29 Å². The molecule has 0 N–H and O–H groups in total. The lowest BCUT2D eigenvalue weighted by atomic mass is 9.83. The third-order valence-electron chi connectivity index (χ3n) is 7.22. The molecule has 36 heavy (non-hydrogen) atoms. The first-order valence-electron chi connectivity index (χ1n) is 11.6. The first kappa shape index (κ1) is 22.0. The highest BCUT2D eigenvalue weighted by molar-refractivity contribution is 6.24. The lowest BCUT2D eigenvalue weighted by molar-refractivity contribution is -0.124. The Morgan fingerprint density at radius 1 is 0.833 bits per heavy atom. The maximum absolute atomic E-state index is 13.8. The van der Waals surface area contributed by atoms with Crippen molar-refractivity contribution < 1.29 is 23.6 Å². The lowest BCUT2D eigenvalue weighted by Gasteiger charge is -2.33. The van der Waals surface area contributed by atoms with Crippen molar-refractivity contribution in [3.05, 3.63) is 101 Å². The number of hydrogen-bond acceptors (Lipinski definition) is 6. The molecule has 8 heteroatoms. The molecular formula is C28H20FN3O4. The van der Waals surface area contributed by atoms with E-state index in [1.54, 1.807) is 35.5 Å². The van der Waals surface area contributed by atoms with E-state index in [9.17, 15) is 23.6 Å². The largest absolute Gasteiger partial charge is 0.295 e. The van der Waals surface area contributed by atoms with Crippen molar-refractivity contribution >= 4 is 35.3 Å². The third-order valence-corrected chi connectivity index (χ3v) is 7.22. The van der Waals surface area contributed by atoms with Crippen LogP contribution in [0.25, 0.3) is 0 Å². The highest BCUT2D eigenvalue weighted by Gasteiger charge is 2.65. The molecule has 0 aromatic heterocycles. The van der Waals surface area contributed by atoms with Crippen LogP contribution < -0.4 is 4.90 Å². The molecule has 2 fully saturated rings. The van der Waals surface area contributed by atoms with Crippen LogP contribution in [0.3, 0.4) is 0 Å². The first-order valence-corrected chi connectivity index (χ1v) is 11.6. The molecule has 0 spiro atoms. The van der Waals surface area contributed by atoms with Crippen molar-refractivity contribution in [3.8, 4) is 0 Å². The van der Waals surface area contributed by atoms with Crippen LogP contribution >= 0.6 is 0 Å². The van der Waals surface area contributed by atoms with Gasteiger partial charge in [0.05, 0.1) is 29.8 Å². The summed E-state index contributed by atoms with van der Waals surface area (Å²) in [7, 11) is 0. The summed E-state index contributed by atoms with van der Waals surface area (Å²) in [4.78, 5) is 54.2. The zero-order valence-corrected chi connectivity index (χ0v) is 19.2. The van der Waals surface area contributed by atoms with Crippen LogP contribution in [0.1, 0.15) is 44.8 Å². The molecule has 0 aliphatic carbocycles. The molecule has 3 heterocycles. The zero-order chi connectivity index (χ0) is 25.1. The second-order valence-corrected chi connectivity index (χ2v) is 9.18. The topological polar surface area (TPSA) is 87.1 Å². The molecule has 6 rings (SSSR count). The van der Waals surface area contributed by atoms with E-state index in [0.29, 0.717) is 11.3 Å². The summed E-state index contributed by atoms with van der Waals surface area (Å²) < 4.78 is 13.5. The van der Waals surface area contributed by atoms with Crippen LogP contribution in [-0.4, -0.2) is 40.6 Å². The molecule has 7 nitrogen and oxygen atoms in total. The number of hydrazone groups is 1. The van der Waals surface area contributed by atoms with Gasteiger partial charge in [-0.1, -0.05) is 24.3 Å².